The Balaban J connectivity index is 2.49. The molecule has 0 fully saturated rings. The van der Waals surface area contributed by atoms with Crippen LogP contribution >= 0.6 is 0 Å². The summed E-state index contributed by atoms with van der Waals surface area (Å²) in [6, 6.07) is 2.57. The van der Waals surface area contributed by atoms with Crippen molar-refractivity contribution in [3.8, 4) is 0 Å². The van der Waals surface area contributed by atoms with Crippen molar-refractivity contribution in [3.05, 3.63) is 41.3 Å². The maximum absolute atomic E-state index is 12.7. The summed E-state index contributed by atoms with van der Waals surface area (Å²) < 4.78 is 25.4. The lowest BCUT2D eigenvalue weighted by Gasteiger charge is -2.14. The second-order valence-corrected chi connectivity index (χ2v) is 2.96. The first kappa shape index (κ1) is 7.71. The van der Waals surface area contributed by atoms with Gasteiger partial charge < -0.3 is 0 Å². The van der Waals surface area contributed by atoms with Gasteiger partial charge in [0.1, 0.15) is 0 Å². The first-order valence-electron chi connectivity index (χ1n) is 3.95. The average Bonchev–Trinajstić information content (AvgIpc) is 2.07. The third-order valence-corrected chi connectivity index (χ3v) is 2.13. The summed E-state index contributed by atoms with van der Waals surface area (Å²) in [4.78, 5) is 0. The van der Waals surface area contributed by atoms with Crippen molar-refractivity contribution in [2.45, 2.75) is 19.3 Å². The number of halogens is 2. The molecule has 0 unspecified atom stereocenters. The molecule has 2 radical (unpaired) electrons. The maximum atomic E-state index is 12.7. The summed E-state index contributed by atoms with van der Waals surface area (Å²) in [5.74, 6) is -1.49. The van der Waals surface area contributed by atoms with Gasteiger partial charge in [-0.2, -0.15) is 0 Å². The van der Waals surface area contributed by atoms with Gasteiger partial charge in [0.25, 0.3) is 0 Å². The molecule has 0 aliphatic heterocycles. The van der Waals surface area contributed by atoms with Gasteiger partial charge in [-0.05, 0) is 48.9 Å². The number of hydrogen-bond donors (Lipinski definition) is 0. The van der Waals surface area contributed by atoms with Crippen molar-refractivity contribution in [1.29, 1.82) is 0 Å². The lowest BCUT2D eigenvalue weighted by Crippen LogP contribution is -2.04. The Morgan fingerprint density at radius 1 is 1.08 bits per heavy atom. The highest BCUT2D eigenvalue weighted by molar-refractivity contribution is 5.32. The third kappa shape index (κ3) is 1.22. The predicted molar refractivity (Wildman–Crippen MR) is 41.6 cm³/mol. The van der Waals surface area contributed by atoms with Crippen molar-refractivity contribution in [1.82, 2.24) is 0 Å². The Bertz CT molecular complexity index is 274. The Morgan fingerprint density at radius 2 is 1.75 bits per heavy atom. The summed E-state index contributed by atoms with van der Waals surface area (Å²) in [7, 11) is 0. The minimum absolute atomic E-state index is 0.645. The van der Waals surface area contributed by atoms with Crippen molar-refractivity contribution < 1.29 is 8.78 Å². The highest BCUT2D eigenvalue weighted by Gasteiger charge is 2.13. The molecule has 0 N–H and O–H groups in total. The van der Waals surface area contributed by atoms with Crippen LogP contribution in [-0.2, 0) is 12.8 Å². The maximum Gasteiger partial charge on any atom is 0.159 e. The smallest absolute Gasteiger partial charge is 0.159 e. The minimum Gasteiger partial charge on any atom is -0.204 e. The second-order valence-electron chi connectivity index (χ2n) is 2.96. The first-order chi connectivity index (χ1) is 5.77. The number of rotatable bonds is 0. The number of hydrogen-bond acceptors (Lipinski definition) is 0. The van der Waals surface area contributed by atoms with E-state index < -0.39 is 11.6 Å². The molecule has 1 aliphatic rings. The molecule has 2 rings (SSSR count). The average molecular weight is 166 g/mol. The van der Waals surface area contributed by atoms with Crippen molar-refractivity contribution in [2.75, 3.05) is 0 Å². The minimum atomic E-state index is -0.752. The third-order valence-electron chi connectivity index (χ3n) is 2.13. The second kappa shape index (κ2) is 2.85. The SMILES string of the molecule is Fc1cc2c(cc1F)CC[C]C2. The van der Waals surface area contributed by atoms with Crippen LogP contribution in [0, 0.1) is 18.1 Å². The molecule has 12 heavy (non-hydrogen) atoms. The zero-order chi connectivity index (χ0) is 8.55. The van der Waals surface area contributed by atoms with Crippen molar-refractivity contribution in [3.63, 3.8) is 0 Å². The first-order valence-corrected chi connectivity index (χ1v) is 3.95. The van der Waals surface area contributed by atoms with Crippen LogP contribution in [0.3, 0.4) is 0 Å². The van der Waals surface area contributed by atoms with E-state index in [1.54, 1.807) is 0 Å². The number of aryl methyl sites for hydroxylation is 1. The summed E-state index contributed by atoms with van der Waals surface area (Å²) in [6.45, 7) is 0. The molecule has 1 aromatic carbocycles. The van der Waals surface area contributed by atoms with Gasteiger partial charge in [-0.15, -0.1) is 0 Å². The summed E-state index contributed by atoms with van der Waals surface area (Å²) in [6.07, 6.45) is 5.37. The van der Waals surface area contributed by atoms with E-state index in [-0.39, 0.29) is 0 Å². The highest BCUT2D eigenvalue weighted by atomic mass is 19.2. The quantitative estimate of drug-likeness (QED) is 0.555. The molecular formula is C10H8F2. The van der Waals surface area contributed by atoms with Crippen molar-refractivity contribution in [2.24, 2.45) is 0 Å². The standard InChI is InChI=1S/C10H8F2/c11-9-5-7-3-1-2-4-8(7)6-10(9)12/h5-6H,1,3-4H2. The molecule has 62 valence electrons. The Kier molecular flexibility index (Phi) is 1.83. The van der Waals surface area contributed by atoms with Crippen LogP contribution in [0.15, 0.2) is 12.1 Å². The monoisotopic (exact) mass is 166 g/mol. The molecular weight excluding hydrogens is 158 g/mol. The predicted octanol–water partition coefficient (Wildman–Crippen LogP) is 2.53. The van der Waals surface area contributed by atoms with Gasteiger partial charge in [-0.3, -0.25) is 0 Å². The van der Waals surface area contributed by atoms with Crippen LogP contribution in [-0.4, -0.2) is 0 Å². The van der Waals surface area contributed by atoms with Gasteiger partial charge in [0, 0.05) is 0 Å². The molecule has 2 heteroatoms. The van der Waals surface area contributed by atoms with Gasteiger partial charge in [0.2, 0.25) is 0 Å². The molecule has 0 nitrogen and oxygen atoms in total. The molecule has 0 saturated carbocycles. The van der Waals surface area contributed by atoms with Gasteiger partial charge >= 0.3 is 0 Å². The fourth-order valence-electron chi connectivity index (χ4n) is 1.47. The van der Waals surface area contributed by atoms with Crippen LogP contribution in [0.1, 0.15) is 17.5 Å². The summed E-state index contributed by atoms with van der Waals surface area (Å²) >= 11 is 0. The van der Waals surface area contributed by atoms with Gasteiger partial charge in [-0.1, -0.05) is 0 Å². The zero-order valence-electron chi connectivity index (χ0n) is 6.53. The van der Waals surface area contributed by atoms with E-state index in [1.165, 1.54) is 12.1 Å². The lowest BCUT2D eigenvalue weighted by molar-refractivity contribution is 0.504. The summed E-state index contributed by atoms with van der Waals surface area (Å²) in [5, 5.41) is 0. The van der Waals surface area contributed by atoms with Crippen LogP contribution in [0.4, 0.5) is 8.78 Å². The zero-order valence-corrected chi connectivity index (χ0v) is 6.53. The van der Waals surface area contributed by atoms with Gasteiger partial charge in [0.15, 0.2) is 11.6 Å². The largest absolute Gasteiger partial charge is 0.204 e. The van der Waals surface area contributed by atoms with Gasteiger partial charge in [-0.25, -0.2) is 8.78 Å². The topological polar surface area (TPSA) is 0 Å². The fraction of sp³-hybridized carbons (Fsp3) is 0.300. The molecule has 0 atom stereocenters. The highest BCUT2D eigenvalue weighted by Crippen LogP contribution is 2.22. The molecule has 1 aromatic rings. The van der Waals surface area contributed by atoms with Crippen LogP contribution < -0.4 is 0 Å². The Hall–Kier alpha value is -0.920. The number of fused-ring (bicyclic) bond motifs is 1. The van der Waals surface area contributed by atoms with E-state index in [9.17, 15) is 8.78 Å². The molecule has 0 saturated heterocycles. The Morgan fingerprint density at radius 3 is 2.50 bits per heavy atom. The molecule has 1 aliphatic carbocycles. The molecule has 0 amide bonds. The Labute approximate surface area is 70.2 Å². The van der Waals surface area contributed by atoms with Crippen LogP contribution in [0.5, 0.6) is 0 Å². The fourth-order valence-corrected chi connectivity index (χ4v) is 1.47. The molecule has 0 spiro atoms. The van der Waals surface area contributed by atoms with Crippen LogP contribution in [0.25, 0.3) is 0 Å². The molecule has 0 aromatic heterocycles. The van der Waals surface area contributed by atoms with Gasteiger partial charge in [0.05, 0.1) is 0 Å². The van der Waals surface area contributed by atoms with E-state index >= 15 is 0 Å². The van der Waals surface area contributed by atoms with Crippen molar-refractivity contribution >= 4 is 0 Å². The molecule has 0 bridgehead atoms. The van der Waals surface area contributed by atoms with E-state index in [0.29, 0.717) is 6.42 Å². The lowest BCUT2D eigenvalue weighted by atomic mass is 9.92. The molecule has 0 heterocycles. The van der Waals surface area contributed by atoms with E-state index in [2.05, 4.69) is 6.42 Å². The van der Waals surface area contributed by atoms with E-state index in [1.807, 2.05) is 0 Å². The normalized spacial score (nSPS) is 15.8. The number of benzene rings is 1. The van der Waals surface area contributed by atoms with E-state index in [4.69, 9.17) is 0 Å². The van der Waals surface area contributed by atoms with E-state index in [0.717, 1.165) is 24.0 Å². The van der Waals surface area contributed by atoms with Crippen LogP contribution in [0.2, 0.25) is 0 Å². The summed E-state index contributed by atoms with van der Waals surface area (Å²) in [5.41, 5.74) is 1.80.